The van der Waals surface area contributed by atoms with Gasteiger partial charge in [0.05, 0.1) is 11.8 Å². The first kappa shape index (κ1) is 21.8. The van der Waals surface area contributed by atoms with Gasteiger partial charge in [0.1, 0.15) is 0 Å². The van der Waals surface area contributed by atoms with Crippen LogP contribution in [0.4, 0.5) is 0 Å². The molecule has 3 aromatic carbocycles. The molecule has 0 aliphatic carbocycles. The van der Waals surface area contributed by atoms with Crippen molar-refractivity contribution in [2.24, 2.45) is 0 Å². The van der Waals surface area contributed by atoms with E-state index in [1.807, 2.05) is 49.4 Å². The molecule has 0 N–H and O–H groups in total. The smallest absolute Gasteiger partial charge is 0.331 e. The molecule has 1 fully saturated rings. The summed E-state index contributed by atoms with van der Waals surface area (Å²) in [6.45, 7) is 6.63. The lowest BCUT2D eigenvalue weighted by Crippen LogP contribution is -2.50. The van der Waals surface area contributed by atoms with Gasteiger partial charge in [-0.15, -0.1) is 11.6 Å². The first-order chi connectivity index (χ1) is 15.0. The van der Waals surface area contributed by atoms with E-state index in [9.17, 15) is 4.79 Å². The molecule has 1 heterocycles. The molecule has 158 valence electrons. The average Bonchev–Trinajstić information content (AvgIpc) is 2.82. The highest BCUT2D eigenvalue weighted by atomic mass is 35.5. The Morgan fingerprint density at radius 1 is 0.935 bits per heavy atom. The summed E-state index contributed by atoms with van der Waals surface area (Å²) in [5.41, 5.74) is 2.92. The fraction of sp³-hybridized carbons (Fsp3) is 0.222. The molecule has 0 bridgehead atoms. The summed E-state index contributed by atoms with van der Waals surface area (Å²) >= 11 is 7.13. The number of carbonyl (C=O) groups is 1. The van der Waals surface area contributed by atoms with Crippen LogP contribution in [0.2, 0.25) is 0 Å². The van der Waals surface area contributed by atoms with Crippen molar-refractivity contribution in [1.82, 2.24) is 0 Å². The number of benzene rings is 3. The third-order valence-electron chi connectivity index (χ3n) is 6.05. The number of carbonyl (C=O) groups excluding carboxylic acids is 1. The van der Waals surface area contributed by atoms with E-state index < -0.39 is 23.9 Å². The van der Waals surface area contributed by atoms with Gasteiger partial charge in [0.25, 0.3) is 0 Å². The molecule has 0 radical (unpaired) electrons. The van der Waals surface area contributed by atoms with Gasteiger partial charge in [0, 0.05) is 0 Å². The first-order valence-corrected chi connectivity index (χ1v) is 12.5. The van der Waals surface area contributed by atoms with E-state index in [-0.39, 0.29) is 6.61 Å². The normalized spacial score (nSPS) is 22.6. The molecule has 4 heteroatoms. The van der Waals surface area contributed by atoms with Crippen LogP contribution >= 0.6 is 19.5 Å². The number of hydrogen-bond donors (Lipinski definition) is 0. The third kappa shape index (κ3) is 3.63. The monoisotopic (exact) mass is 448 g/mol. The van der Waals surface area contributed by atoms with Crippen molar-refractivity contribution < 1.29 is 9.53 Å². The Kier molecular flexibility index (Phi) is 6.32. The third-order valence-corrected chi connectivity index (χ3v) is 9.81. The second-order valence-corrected chi connectivity index (χ2v) is 10.8. The number of esters is 1. The molecule has 4 rings (SSSR count). The van der Waals surface area contributed by atoms with Crippen LogP contribution in [-0.4, -0.2) is 23.6 Å². The van der Waals surface area contributed by atoms with Gasteiger partial charge in [-0.1, -0.05) is 105 Å². The summed E-state index contributed by atoms with van der Waals surface area (Å²) in [4.78, 5) is 11.8. The zero-order chi connectivity index (χ0) is 21.9. The minimum atomic E-state index is -1.27. The van der Waals surface area contributed by atoms with Gasteiger partial charge in [-0.05, 0) is 41.5 Å². The maximum absolute atomic E-state index is 13.1. The first-order valence-electron chi connectivity index (χ1n) is 10.5. The van der Waals surface area contributed by atoms with Gasteiger partial charge < -0.3 is 4.74 Å². The average molecular weight is 449 g/mol. The van der Waals surface area contributed by atoms with Crippen molar-refractivity contribution in [1.29, 1.82) is 0 Å². The topological polar surface area (TPSA) is 26.3 Å². The van der Waals surface area contributed by atoms with Crippen LogP contribution in [-0.2, 0) is 14.7 Å². The lowest BCUT2D eigenvalue weighted by atomic mass is 9.77. The fourth-order valence-corrected chi connectivity index (χ4v) is 8.62. The Morgan fingerprint density at radius 3 is 1.90 bits per heavy atom. The van der Waals surface area contributed by atoms with Gasteiger partial charge >= 0.3 is 5.97 Å². The zero-order valence-corrected chi connectivity index (χ0v) is 19.3. The maximum atomic E-state index is 13.1. The van der Waals surface area contributed by atoms with Gasteiger partial charge in [-0.25, -0.2) is 4.79 Å². The molecule has 0 amide bonds. The largest absolute Gasteiger partial charge is 0.464 e. The highest BCUT2D eigenvalue weighted by Gasteiger charge is 2.58. The Bertz CT molecular complexity index is 1010. The Hall–Kier alpha value is -2.41. The molecule has 2 nitrogen and oxygen atoms in total. The van der Waals surface area contributed by atoms with Crippen LogP contribution in [0.1, 0.15) is 24.5 Å². The molecule has 0 aromatic heterocycles. The molecule has 2 atom stereocenters. The Labute approximate surface area is 190 Å². The second kappa shape index (κ2) is 8.99. The molecule has 1 saturated heterocycles. The van der Waals surface area contributed by atoms with E-state index in [2.05, 4.69) is 55.1 Å². The molecule has 31 heavy (non-hydrogen) atoms. The maximum Gasteiger partial charge on any atom is 0.331 e. The molecular formula is C27H26ClO2P. The van der Waals surface area contributed by atoms with Gasteiger partial charge in [0.2, 0.25) is 0 Å². The minimum absolute atomic E-state index is 0.289. The standard InChI is InChI=1S/C27H26ClO2P/c1-3-30-25(29)26(28)19-20-31(24-17-11-6-12-18-24)27(21(26)2,22-13-7-4-8-14-22)23-15-9-5-10-16-23/h4-18H,2-3,19-20H2,1H3. The number of ether oxygens (including phenoxy) is 1. The summed E-state index contributed by atoms with van der Waals surface area (Å²) in [5.74, 6) is -0.402. The van der Waals surface area contributed by atoms with Crippen molar-refractivity contribution in [3.63, 3.8) is 0 Å². The van der Waals surface area contributed by atoms with Crippen molar-refractivity contribution in [3.8, 4) is 0 Å². The molecule has 1 aliphatic heterocycles. The lowest BCUT2D eigenvalue weighted by molar-refractivity contribution is -0.145. The minimum Gasteiger partial charge on any atom is -0.464 e. The van der Waals surface area contributed by atoms with E-state index in [1.54, 1.807) is 0 Å². The quantitative estimate of drug-likeness (QED) is 0.200. The second-order valence-electron chi connectivity index (χ2n) is 7.68. The van der Waals surface area contributed by atoms with Crippen LogP contribution in [0, 0.1) is 0 Å². The van der Waals surface area contributed by atoms with E-state index in [0.29, 0.717) is 12.0 Å². The number of halogens is 1. The zero-order valence-electron chi connectivity index (χ0n) is 17.6. The van der Waals surface area contributed by atoms with Crippen LogP contribution in [0.25, 0.3) is 0 Å². The predicted octanol–water partition coefficient (Wildman–Crippen LogP) is 6.24. The SMILES string of the molecule is C=C1C(Cl)(C(=O)OCC)CCP(c2ccccc2)C1(c1ccccc1)c1ccccc1. The Morgan fingerprint density at radius 2 is 1.42 bits per heavy atom. The van der Waals surface area contributed by atoms with Gasteiger partial charge in [-0.3, -0.25) is 0 Å². The van der Waals surface area contributed by atoms with Crippen LogP contribution in [0.3, 0.4) is 0 Å². The summed E-state index contributed by atoms with van der Waals surface area (Å²) in [6.07, 6.45) is 1.30. The molecule has 3 aromatic rings. The van der Waals surface area contributed by atoms with Gasteiger partial charge in [-0.2, -0.15) is 0 Å². The highest BCUT2D eigenvalue weighted by Crippen LogP contribution is 2.69. The van der Waals surface area contributed by atoms with Crippen molar-refractivity contribution in [2.75, 3.05) is 12.8 Å². The van der Waals surface area contributed by atoms with Crippen molar-refractivity contribution in [2.45, 2.75) is 23.4 Å². The summed E-state index contributed by atoms with van der Waals surface area (Å²) in [7, 11) is -0.791. The van der Waals surface area contributed by atoms with Crippen LogP contribution in [0.5, 0.6) is 0 Å². The van der Waals surface area contributed by atoms with E-state index in [1.165, 1.54) is 5.30 Å². The van der Waals surface area contributed by atoms with Crippen LogP contribution < -0.4 is 5.30 Å². The predicted molar refractivity (Wildman–Crippen MR) is 131 cm³/mol. The highest BCUT2D eigenvalue weighted by molar-refractivity contribution is 7.67. The molecule has 0 saturated carbocycles. The van der Waals surface area contributed by atoms with Gasteiger partial charge in [0.15, 0.2) is 4.87 Å². The van der Waals surface area contributed by atoms with E-state index in [0.717, 1.165) is 17.3 Å². The Balaban J connectivity index is 2.03. The van der Waals surface area contributed by atoms with E-state index >= 15 is 0 Å². The lowest BCUT2D eigenvalue weighted by Gasteiger charge is -2.52. The summed E-state index contributed by atoms with van der Waals surface area (Å²) in [5, 5.41) is 0.667. The molecule has 0 spiro atoms. The number of hydrogen-bond acceptors (Lipinski definition) is 2. The number of alkyl halides is 1. The van der Waals surface area contributed by atoms with Crippen LogP contribution in [0.15, 0.2) is 103 Å². The van der Waals surface area contributed by atoms with Crippen molar-refractivity contribution >= 4 is 30.8 Å². The summed E-state index contributed by atoms with van der Waals surface area (Å²) in [6, 6.07) is 31.3. The fourth-order valence-electron chi connectivity index (χ4n) is 4.62. The summed E-state index contributed by atoms with van der Waals surface area (Å²) < 4.78 is 5.44. The van der Waals surface area contributed by atoms with Crippen molar-refractivity contribution in [3.05, 3.63) is 114 Å². The van der Waals surface area contributed by atoms with E-state index in [4.69, 9.17) is 16.3 Å². The molecule has 2 unspecified atom stereocenters. The molecule has 1 aliphatic rings. The molecular weight excluding hydrogens is 423 g/mol. The number of rotatable bonds is 5.